The molecule has 0 spiro atoms. The average molecular weight is 285 g/mol. The first kappa shape index (κ1) is 10.5. The first-order valence-corrected chi connectivity index (χ1v) is 5.47. The average Bonchev–Trinajstić information content (AvgIpc) is 2.67. The minimum absolute atomic E-state index is 0.0422. The standard InChI is InChI=1S/C11H7BrClNO/c12-9-3-8(4-10(13)5-9)11(15)7-1-2-14-6-7/h1-6,14H. The molecule has 0 fully saturated rings. The molecule has 0 aliphatic carbocycles. The molecule has 0 aliphatic heterocycles. The molecule has 0 atom stereocenters. The minimum Gasteiger partial charge on any atom is -0.367 e. The van der Waals surface area contributed by atoms with Gasteiger partial charge < -0.3 is 4.98 Å². The van der Waals surface area contributed by atoms with Crippen LogP contribution in [0.1, 0.15) is 15.9 Å². The Morgan fingerprint density at radius 3 is 2.67 bits per heavy atom. The molecule has 15 heavy (non-hydrogen) atoms. The lowest BCUT2D eigenvalue weighted by molar-refractivity contribution is 0.103. The van der Waals surface area contributed by atoms with E-state index in [1.165, 1.54) is 0 Å². The lowest BCUT2D eigenvalue weighted by atomic mass is 10.1. The summed E-state index contributed by atoms with van der Waals surface area (Å²) in [6, 6.07) is 6.88. The molecule has 0 saturated heterocycles. The summed E-state index contributed by atoms with van der Waals surface area (Å²) in [7, 11) is 0. The van der Waals surface area contributed by atoms with Gasteiger partial charge in [-0.25, -0.2) is 0 Å². The van der Waals surface area contributed by atoms with Crippen LogP contribution >= 0.6 is 27.5 Å². The molecule has 1 aromatic heterocycles. The maximum absolute atomic E-state index is 11.9. The number of rotatable bonds is 2. The summed E-state index contributed by atoms with van der Waals surface area (Å²) < 4.78 is 0.800. The number of aromatic nitrogens is 1. The summed E-state index contributed by atoms with van der Waals surface area (Å²) in [6.45, 7) is 0. The Bertz CT molecular complexity index is 473. The molecule has 0 saturated carbocycles. The largest absolute Gasteiger partial charge is 0.367 e. The van der Waals surface area contributed by atoms with Crippen LogP contribution in [0.25, 0.3) is 0 Å². The summed E-state index contributed by atoms with van der Waals surface area (Å²) in [5.41, 5.74) is 1.21. The highest BCUT2D eigenvalue weighted by Gasteiger charge is 2.10. The number of halogens is 2. The number of ketones is 1. The van der Waals surface area contributed by atoms with Gasteiger partial charge in [0.2, 0.25) is 0 Å². The zero-order chi connectivity index (χ0) is 10.8. The molecular formula is C11H7BrClNO. The number of hydrogen-bond donors (Lipinski definition) is 1. The fourth-order valence-corrected chi connectivity index (χ4v) is 2.18. The molecule has 4 heteroatoms. The lowest BCUT2D eigenvalue weighted by Gasteiger charge is -2.00. The van der Waals surface area contributed by atoms with Crippen molar-refractivity contribution in [2.45, 2.75) is 0 Å². The van der Waals surface area contributed by atoms with E-state index in [0.717, 1.165) is 4.47 Å². The summed E-state index contributed by atoms with van der Waals surface area (Å²) in [6.07, 6.45) is 3.38. The van der Waals surface area contributed by atoms with Crippen molar-refractivity contribution in [3.8, 4) is 0 Å². The van der Waals surface area contributed by atoms with Crippen molar-refractivity contribution in [1.82, 2.24) is 4.98 Å². The van der Waals surface area contributed by atoms with Crippen LogP contribution < -0.4 is 0 Å². The van der Waals surface area contributed by atoms with E-state index < -0.39 is 0 Å². The Hall–Kier alpha value is -1.06. The van der Waals surface area contributed by atoms with Crippen LogP contribution in [0.3, 0.4) is 0 Å². The Labute approximate surface area is 100 Å². The predicted molar refractivity (Wildman–Crippen MR) is 63.4 cm³/mol. The predicted octanol–water partition coefficient (Wildman–Crippen LogP) is 3.66. The monoisotopic (exact) mass is 283 g/mol. The van der Waals surface area contributed by atoms with Gasteiger partial charge in [-0.15, -0.1) is 0 Å². The van der Waals surface area contributed by atoms with Gasteiger partial charge in [-0.2, -0.15) is 0 Å². The van der Waals surface area contributed by atoms with Gasteiger partial charge in [0.05, 0.1) is 0 Å². The number of aromatic amines is 1. The van der Waals surface area contributed by atoms with Crippen LogP contribution in [0.2, 0.25) is 5.02 Å². The molecule has 0 bridgehead atoms. The van der Waals surface area contributed by atoms with Crippen LogP contribution in [0.4, 0.5) is 0 Å². The summed E-state index contributed by atoms with van der Waals surface area (Å²) in [5.74, 6) is -0.0422. The lowest BCUT2D eigenvalue weighted by Crippen LogP contribution is -1.99. The highest BCUT2D eigenvalue weighted by Crippen LogP contribution is 2.21. The van der Waals surface area contributed by atoms with Crippen LogP contribution in [0.5, 0.6) is 0 Å². The topological polar surface area (TPSA) is 32.9 Å². The van der Waals surface area contributed by atoms with E-state index in [4.69, 9.17) is 11.6 Å². The molecule has 1 N–H and O–H groups in total. The van der Waals surface area contributed by atoms with E-state index in [1.54, 1.807) is 36.7 Å². The second-order valence-corrected chi connectivity index (χ2v) is 4.44. The third-order valence-electron chi connectivity index (χ3n) is 1.98. The number of benzene rings is 1. The second kappa shape index (κ2) is 4.21. The van der Waals surface area contributed by atoms with Gasteiger partial charge in [-0.05, 0) is 24.3 Å². The van der Waals surface area contributed by atoms with Crippen molar-refractivity contribution in [2.75, 3.05) is 0 Å². The zero-order valence-electron chi connectivity index (χ0n) is 7.63. The van der Waals surface area contributed by atoms with Gasteiger partial charge in [-0.3, -0.25) is 4.79 Å². The van der Waals surface area contributed by atoms with E-state index in [0.29, 0.717) is 16.1 Å². The summed E-state index contributed by atoms with van der Waals surface area (Å²) in [5, 5.41) is 0.545. The first-order valence-electron chi connectivity index (χ1n) is 4.30. The zero-order valence-corrected chi connectivity index (χ0v) is 9.97. The molecule has 1 heterocycles. The smallest absolute Gasteiger partial charge is 0.194 e. The normalized spacial score (nSPS) is 10.3. The molecule has 0 unspecified atom stereocenters. The van der Waals surface area contributed by atoms with Crippen molar-refractivity contribution in [2.24, 2.45) is 0 Å². The van der Waals surface area contributed by atoms with Crippen molar-refractivity contribution < 1.29 is 4.79 Å². The van der Waals surface area contributed by atoms with E-state index >= 15 is 0 Å². The van der Waals surface area contributed by atoms with Crippen LogP contribution in [0.15, 0.2) is 41.1 Å². The molecule has 0 aliphatic rings. The second-order valence-electron chi connectivity index (χ2n) is 3.09. The third-order valence-corrected chi connectivity index (χ3v) is 2.66. The fraction of sp³-hybridized carbons (Fsp3) is 0. The number of carbonyl (C=O) groups is 1. The number of hydrogen-bond acceptors (Lipinski definition) is 1. The number of carbonyl (C=O) groups excluding carboxylic acids is 1. The van der Waals surface area contributed by atoms with E-state index in [2.05, 4.69) is 20.9 Å². The molecule has 2 aromatic rings. The highest BCUT2D eigenvalue weighted by molar-refractivity contribution is 9.10. The maximum Gasteiger partial charge on any atom is 0.194 e. The minimum atomic E-state index is -0.0422. The first-order chi connectivity index (χ1) is 7.16. The van der Waals surface area contributed by atoms with E-state index in [9.17, 15) is 4.79 Å². The van der Waals surface area contributed by atoms with Gasteiger partial charge in [0.25, 0.3) is 0 Å². The van der Waals surface area contributed by atoms with Crippen molar-refractivity contribution in [3.63, 3.8) is 0 Å². The number of nitrogens with one attached hydrogen (secondary N) is 1. The Morgan fingerprint density at radius 1 is 1.27 bits per heavy atom. The molecular weight excluding hydrogens is 277 g/mol. The van der Waals surface area contributed by atoms with Crippen LogP contribution in [-0.4, -0.2) is 10.8 Å². The van der Waals surface area contributed by atoms with Crippen LogP contribution in [-0.2, 0) is 0 Å². The summed E-state index contributed by atoms with van der Waals surface area (Å²) >= 11 is 9.17. The SMILES string of the molecule is O=C(c1cc[nH]c1)c1cc(Cl)cc(Br)c1. The maximum atomic E-state index is 11.9. The molecule has 2 nitrogen and oxygen atoms in total. The van der Waals surface area contributed by atoms with Crippen LogP contribution in [0, 0.1) is 0 Å². The van der Waals surface area contributed by atoms with Gasteiger partial charge >= 0.3 is 0 Å². The highest BCUT2D eigenvalue weighted by atomic mass is 79.9. The van der Waals surface area contributed by atoms with E-state index in [1.807, 2.05) is 0 Å². The van der Waals surface area contributed by atoms with Crippen molar-refractivity contribution >= 4 is 33.3 Å². The number of H-pyrrole nitrogens is 1. The molecule has 1 aromatic carbocycles. The molecule has 76 valence electrons. The molecule has 0 amide bonds. The fourth-order valence-electron chi connectivity index (χ4n) is 1.32. The van der Waals surface area contributed by atoms with Gasteiger partial charge in [0.15, 0.2) is 5.78 Å². The molecule has 0 radical (unpaired) electrons. The third kappa shape index (κ3) is 2.30. The Kier molecular flexibility index (Phi) is 2.93. The van der Waals surface area contributed by atoms with Crippen molar-refractivity contribution in [1.29, 1.82) is 0 Å². The van der Waals surface area contributed by atoms with Gasteiger partial charge in [0.1, 0.15) is 0 Å². The Balaban J connectivity index is 2.42. The van der Waals surface area contributed by atoms with E-state index in [-0.39, 0.29) is 5.78 Å². The summed E-state index contributed by atoms with van der Waals surface area (Å²) in [4.78, 5) is 14.8. The quantitative estimate of drug-likeness (QED) is 0.839. The van der Waals surface area contributed by atoms with Crippen molar-refractivity contribution in [3.05, 3.63) is 57.3 Å². The van der Waals surface area contributed by atoms with Gasteiger partial charge in [0, 0.05) is 33.0 Å². The molecule has 2 rings (SSSR count). The Morgan fingerprint density at radius 2 is 2.07 bits per heavy atom. The van der Waals surface area contributed by atoms with Gasteiger partial charge in [-0.1, -0.05) is 27.5 Å².